The lowest BCUT2D eigenvalue weighted by molar-refractivity contribution is 0.0839. The summed E-state index contributed by atoms with van der Waals surface area (Å²) in [4.78, 5) is 0. The van der Waals surface area contributed by atoms with Crippen molar-refractivity contribution >= 4 is 0 Å². The van der Waals surface area contributed by atoms with Crippen molar-refractivity contribution in [3.8, 4) is 0 Å². The largest absolute Gasteiger partial charge is 0.0998 e. The van der Waals surface area contributed by atoms with E-state index in [4.69, 9.17) is 0 Å². The normalized spacial score (nSPS) is 40.6. The second kappa shape index (κ2) is 3.81. The Hall–Kier alpha value is -0.520. The number of rotatable bonds is 1. The summed E-state index contributed by atoms with van der Waals surface area (Å²) in [5.74, 6) is 1.54. The fourth-order valence-electron chi connectivity index (χ4n) is 3.97. The molecule has 3 atom stereocenters. The van der Waals surface area contributed by atoms with Crippen molar-refractivity contribution in [1.82, 2.24) is 0 Å². The van der Waals surface area contributed by atoms with Crippen LogP contribution in [0.15, 0.2) is 23.8 Å². The van der Waals surface area contributed by atoms with Gasteiger partial charge >= 0.3 is 0 Å². The van der Waals surface area contributed by atoms with Gasteiger partial charge in [-0.05, 0) is 56.8 Å². The molecule has 0 aromatic rings. The molecule has 0 heteroatoms. The van der Waals surface area contributed by atoms with Crippen molar-refractivity contribution < 1.29 is 0 Å². The van der Waals surface area contributed by atoms with Gasteiger partial charge in [-0.25, -0.2) is 0 Å². The lowest BCUT2D eigenvalue weighted by atomic mass is 9.55. The third-order valence-corrected chi connectivity index (χ3v) is 4.72. The van der Waals surface area contributed by atoms with E-state index in [1.54, 1.807) is 5.57 Å². The molecular weight excluding hydrogens is 180 g/mol. The van der Waals surface area contributed by atoms with E-state index in [0.717, 1.165) is 11.8 Å². The van der Waals surface area contributed by atoms with E-state index in [1.165, 1.54) is 37.7 Å². The highest BCUT2D eigenvalue weighted by atomic mass is 14.5. The highest BCUT2D eigenvalue weighted by molar-refractivity contribution is 5.20. The lowest BCUT2D eigenvalue weighted by Crippen LogP contribution is -2.39. The minimum absolute atomic E-state index is 0.570. The van der Waals surface area contributed by atoms with Gasteiger partial charge in [0.05, 0.1) is 0 Å². The molecule has 2 aliphatic rings. The molecule has 3 unspecified atom stereocenters. The zero-order valence-corrected chi connectivity index (χ0v) is 10.5. The van der Waals surface area contributed by atoms with Crippen LogP contribution in [0, 0.1) is 17.3 Å². The summed E-state index contributed by atoms with van der Waals surface area (Å²) in [6.07, 6.45) is 9.33. The molecule has 0 bridgehead atoms. The summed E-state index contributed by atoms with van der Waals surface area (Å²) in [5.41, 5.74) is 3.61. The highest BCUT2D eigenvalue weighted by Crippen LogP contribution is 2.54. The Labute approximate surface area is 94.5 Å². The van der Waals surface area contributed by atoms with Gasteiger partial charge in [-0.2, -0.15) is 0 Å². The van der Waals surface area contributed by atoms with Crippen molar-refractivity contribution in [1.29, 1.82) is 0 Å². The first-order valence-corrected chi connectivity index (χ1v) is 6.37. The fourth-order valence-corrected chi connectivity index (χ4v) is 3.97. The van der Waals surface area contributed by atoms with Crippen molar-refractivity contribution in [2.45, 2.75) is 52.9 Å². The monoisotopic (exact) mass is 204 g/mol. The maximum absolute atomic E-state index is 4.21. The highest BCUT2D eigenvalue weighted by Gasteiger charge is 2.43. The van der Waals surface area contributed by atoms with Crippen LogP contribution in [0.5, 0.6) is 0 Å². The smallest absolute Gasteiger partial charge is 0.00865 e. The number of allylic oxidation sites excluding steroid dienone is 3. The van der Waals surface area contributed by atoms with Crippen LogP contribution in [0.2, 0.25) is 0 Å². The molecule has 0 aliphatic heterocycles. The van der Waals surface area contributed by atoms with Gasteiger partial charge < -0.3 is 0 Å². The molecule has 15 heavy (non-hydrogen) atoms. The van der Waals surface area contributed by atoms with Gasteiger partial charge in [-0.1, -0.05) is 37.1 Å². The molecule has 0 radical (unpaired) electrons. The summed E-state index contributed by atoms with van der Waals surface area (Å²) < 4.78 is 0. The third kappa shape index (κ3) is 1.79. The van der Waals surface area contributed by atoms with Crippen LogP contribution in [0.3, 0.4) is 0 Å². The number of fused-ring (bicyclic) bond motifs is 1. The van der Waals surface area contributed by atoms with Gasteiger partial charge in [0, 0.05) is 0 Å². The summed E-state index contributed by atoms with van der Waals surface area (Å²) in [6, 6.07) is 0. The molecule has 2 aliphatic carbocycles. The van der Waals surface area contributed by atoms with Crippen LogP contribution >= 0.6 is 0 Å². The molecule has 1 saturated carbocycles. The molecule has 0 N–H and O–H groups in total. The quantitative estimate of drug-likeness (QED) is 0.542. The Morgan fingerprint density at radius 3 is 2.87 bits per heavy atom. The fraction of sp³-hybridized carbons (Fsp3) is 0.733. The Kier molecular flexibility index (Phi) is 2.79. The molecule has 2 rings (SSSR count). The topological polar surface area (TPSA) is 0 Å². The van der Waals surface area contributed by atoms with Gasteiger partial charge in [0.15, 0.2) is 0 Å². The van der Waals surface area contributed by atoms with Crippen molar-refractivity contribution in [2.75, 3.05) is 0 Å². The van der Waals surface area contributed by atoms with Crippen LogP contribution in [0.1, 0.15) is 52.9 Å². The first-order valence-electron chi connectivity index (χ1n) is 6.37. The Bertz CT molecular complexity index is 297. The molecule has 0 saturated heterocycles. The first-order chi connectivity index (χ1) is 7.04. The Balaban J connectivity index is 2.34. The summed E-state index contributed by atoms with van der Waals surface area (Å²) in [5, 5.41) is 0. The molecule has 0 aromatic carbocycles. The zero-order valence-electron chi connectivity index (χ0n) is 10.5. The van der Waals surface area contributed by atoms with Crippen LogP contribution < -0.4 is 0 Å². The van der Waals surface area contributed by atoms with Gasteiger partial charge in [-0.15, -0.1) is 0 Å². The van der Waals surface area contributed by atoms with Crippen LogP contribution in [-0.4, -0.2) is 0 Å². The first kappa shape index (κ1) is 11.0. The molecule has 1 fully saturated rings. The molecule has 0 amide bonds. The number of hydrogen-bond acceptors (Lipinski definition) is 0. The molecule has 84 valence electrons. The maximum Gasteiger partial charge on any atom is -0.00865 e. The average Bonchev–Trinajstić information content (AvgIpc) is 2.16. The third-order valence-electron chi connectivity index (χ3n) is 4.72. The van der Waals surface area contributed by atoms with E-state index < -0.39 is 0 Å². The van der Waals surface area contributed by atoms with Gasteiger partial charge in [-0.3, -0.25) is 0 Å². The minimum Gasteiger partial charge on any atom is -0.0998 e. The zero-order chi connectivity index (χ0) is 11.1. The van der Waals surface area contributed by atoms with E-state index in [2.05, 4.69) is 33.4 Å². The maximum atomic E-state index is 4.21. The predicted octanol–water partition coefficient (Wildman–Crippen LogP) is 4.73. The summed E-state index contributed by atoms with van der Waals surface area (Å²) in [6.45, 7) is 11.3. The van der Waals surface area contributed by atoms with Gasteiger partial charge in [0.25, 0.3) is 0 Å². The molecule has 0 heterocycles. The SMILES string of the molecule is C=C(C)C1CCCC2(C)CCC=C(C)C12. The number of hydrogen-bond donors (Lipinski definition) is 0. The second-order valence-corrected chi connectivity index (χ2v) is 5.96. The predicted molar refractivity (Wildman–Crippen MR) is 66.7 cm³/mol. The minimum atomic E-state index is 0.570. The Morgan fingerprint density at radius 2 is 2.20 bits per heavy atom. The van der Waals surface area contributed by atoms with Crippen molar-refractivity contribution in [3.05, 3.63) is 23.8 Å². The summed E-state index contributed by atoms with van der Waals surface area (Å²) in [7, 11) is 0. The average molecular weight is 204 g/mol. The van der Waals surface area contributed by atoms with Crippen molar-refractivity contribution in [2.24, 2.45) is 17.3 Å². The van der Waals surface area contributed by atoms with Gasteiger partial charge in [0.2, 0.25) is 0 Å². The van der Waals surface area contributed by atoms with Crippen LogP contribution in [-0.2, 0) is 0 Å². The van der Waals surface area contributed by atoms with E-state index >= 15 is 0 Å². The Morgan fingerprint density at radius 1 is 1.47 bits per heavy atom. The molecular formula is C15H24. The standard InChI is InChI=1S/C15H24/c1-11(2)13-8-6-10-15(4)9-5-7-12(3)14(13)15/h7,13-14H,1,5-6,8-10H2,2-4H3. The second-order valence-electron chi connectivity index (χ2n) is 5.96. The van der Waals surface area contributed by atoms with Crippen molar-refractivity contribution in [3.63, 3.8) is 0 Å². The van der Waals surface area contributed by atoms with Gasteiger partial charge in [0.1, 0.15) is 0 Å². The van der Waals surface area contributed by atoms with Crippen LogP contribution in [0.25, 0.3) is 0 Å². The van der Waals surface area contributed by atoms with E-state index in [0.29, 0.717) is 5.41 Å². The lowest BCUT2D eigenvalue weighted by Gasteiger charge is -2.49. The molecule has 0 aromatic heterocycles. The van der Waals surface area contributed by atoms with E-state index in [-0.39, 0.29) is 0 Å². The molecule has 0 spiro atoms. The molecule has 0 nitrogen and oxygen atoms in total. The van der Waals surface area contributed by atoms with Crippen LogP contribution in [0.4, 0.5) is 0 Å². The summed E-state index contributed by atoms with van der Waals surface area (Å²) >= 11 is 0. The van der Waals surface area contributed by atoms with E-state index in [9.17, 15) is 0 Å². The van der Waals surface area contributed by atoms with E-state index in [1.807, 2.05) is 0 Å².